The van der Waals surface area contributed by atoms with Crippen molar-refractivity contribution in [1.29, 1.82) is 0 Å². The molecule has 2 saturated heterocycles. The normalized spacial score (nSPS) is 23.2. The molecule has 0 aromatic carbocycles. The summed E-state index contributed by atoms with van der Waals surface area (Å²) in [5.74, 6) is 0.766. The van der Waals surface area contributed by atoms with Crippen LogP contribution in [0.3, 0.4) is 0 Å². The van der Waals surface area contributed by atoms with Gasteiger partial charge in [0.05, 0.1) is 23.9 Å². The molecule has 3 rings (SSSR count). The van der Waals surface area contributed by atoms with Crippen LogP contribution in [0.15, 0.2) is 12.4 Å². The Bertz CT molecular complexity index is 684. The van der Waals surface area contributed by atoms with E-state index in [0.717, 1.165) is 31.7 Å². The van der Waals surface area contributed by atoms with Gasteiger partial charge in [0.2, 0.25) is 0 Å². The maximum Gasteiger partial charge on any atom is 0.274 e. The largest absolute Gasteiger partial charge is 0.355 e. The summed E-state index contributed by atoms with van der Waals surface area (Å²) < 4.78 is 23.3. The van der Waals surface area contributed by atoms with Crippen LogP contribution in [0.1, 0.15) is 43.1 Å². The molecule has 0 bridgehead atoms. The number of aromatic nitrogens is 2. The van der Waals surface area contributed by atoms with Crippen LogP contribution in [-0.2, 0) is 9.84 Å². The molecular weight excluding hydrogens is 328 g/mol. The number of anilines is 1. The highest BCUT2D eigenvalue weighted by atomic mass is 32.2. The number of amides is 1. The smallest absolute Gasteiger partial charge is 0.274 e. The number of carbonyl (C=O) groups is 1. The topological polar surface area (TPSA) is 83.5 Å². The summed E-state index contributed by atoms with van der Waals surface area (Å²) in [6, 6.07) is -0.254. The Labute approximate surface area is 143 Å². The van der Waals surface area contributed by atoms with Gasteiger partial charge in [0, 0.05) is 25.7 Å². The fourth-order valence-corrected chi connectivity index (χ4v) is 5.18. The average molecular weight is 352 g/mol. The first kappa shape index (κ1) is 17.1. The summed E-state index contributed by atoms with van der Waals surface area (Å²) in [6.07, 6.45) is 7.22. The fraction of sp³-hybridized carbons (Fsp3) is 0.688. The molecular formula is C16H24N4O3S. The lowest BCUT2D eigenvalue weighted by Gasteiger charge is -2.28. The van der Waals surface area contributed by atoms with Gasteiger partial charge in [0.25, 0.3) is 5.91 Å². The molecule has 24 heavy (non-hydrogen) atoms. The summed E-state index contributed by atoms with van der Waals surface area (Å²) >= 11 is 0. The maximum absolute atomic E-state index is 12.7. The summed E-state index contributed by atoms with van der Waals surface area (Å²) in [4.78, 5) is 25.1. The van der Waals surface area contributed by atoms with Crippen LogP contribution < -0.4 is 4.90 Å². The van der Waals surface area contributed by atoms with E-state index in [2.05, 4.69) is 14.9 Å². The van der Waals surface area contributed by atoms with Crippen molar-refractivity contribution in [2.24, 2.45) is 0 Å². The molecule has 132 valence electrons. The van der Waals surface area contributed by atoms with E-state index in [-0.39, 0.29) is 29.1 Å². The molecule has 0 aliphatic carbocycles. The van der Waals surface area contributed by atoms with E-state index in [1.54, 1.807) is 11.1 Å². The van der Waals surface area contributed by atoms with E-state index >= 15 is 0 Å². The van der Waals surface area contributed by atoms with Gasteiger partial charge in [-0.1, -0.05) is 0 Å². The van der Waals surface area contributed by atoms with Crippen molar-refractivity contribution in [1.82, 2.24) is 14.9 Å². The van der Waals surface area contributed by atoms with E-state index in [1.165, 1.54) is 12.6 Å². The zero-order chi connectivity index (χ0) is 17.2. The number of sulfone groups is 1. The molecule has 0 N–H and O–H groups in total. The number of carbonyl (C=O) groups excluding carboxylic acids is 1. The van der Waals surface area contributed by atoms with Crippen molar-refractivity contribution in [2.75, 3.05) is 36.0 Å². The van der Waals surface area contributed by atoms with Crippen LogP contribution in [-0.4, -0.2) is 66.4 Å². The second kappa shape index (κ2) is 7.04. The predicted octanol–water partition coefficient (Wildman–Crippen LogP) is 1.12. The van der Waals surface area contributed by atoms with Gasteiger partial charge in [-0.2, -0.15) is 0 Å². The molecule has 0 spiro atoms. The third-order valence-corrected chi connectivity index (χ3v) is 6.54. The van der Waals surface area contributed by atoms with Gasteiger partial charge in [-0.05, 0) is 32.6 Å². The number of nitrogens with zero attached hydrogens (tertiary/aromatic N) is 4. The van der Waals surface area contributed by atoms with Crippen molar-refractivity contribution < 1.29 is 13.2 Å². The minimum absolute atomic E-state index is 0.0475. The van der Waals surface area contributed by atoms with Crippen LogP contribution in [0.4, 0.5) is 5.82 Å². The molecule has 1 unspecified atom stereocenters. The Morgan fingerprint density at radius 2 is 2.00 bits per heavy atom. The van der Waals surface area contributed by atoms with Crippen molar-refractivity contribution in [2.45, 2.75) is 38.6 Å². The van der Waals surface area contributed by atoms with Crippen molar-refractivity contribution in [3.05, 3.63) is 18.1 Å². The molecule has 2 fully saturated rings. The van der Waals surface area contributed by atoms with Crippen LogP contribution in [0.5, 0.6) is 0 Å². The van der Waals surface area contributed by atoms with Gasteiger partial charge < -0.3 is 9.80 Å². The van der Waals surface area contributed by atoms with Gasteiger partial charge in [0.1, 0.15) is 11.5 Å². The molecule has 0 saturated carbocycles. The van der Waals surface area contributed by atoms with E-state index in [9.17, 15) is 13.2 Å². The molecule has 1 atom stereocenters. The second-order valence-corrected chi connectivity index (χ2v) is 8.68. The highest BCUT2D eigenvalue weighted by Crippen LogP contribution is 2.20. The molecule has 3 heterocycles. The molecule has 7 nitrogen and oxygen atoms in total. The molecule has 1 amide bonds. The van der Waals surface area contributed by atoms with E-state index in [1.807, 2.05) is 6.92 Å². The summed E-state index contributed by atoms with van der Waals surface area (Å²) in [5.41, 5.74) is 0.280. The maximum atomic E-state index is 12.7. The number of rotatable bonds is 4. The Kier molecular flexibility index (Phi) is 5.03. The fourth-order valence-electron chi connectivity index (χ4n) is 3.45. The lowest BCUT2D eigenvalue weighted by molar-refractivity contribution is 0.0702. The highest BCUT2D eigenvalue weighted by molar-refractivity contribution is 7.91. The molecule has 0 radical (unpaired) electrons. The zero-order valence-electron chi connectivity index (χ0n) is 14.0. The standard InChI is InChI=1S/C16H24N4O3S/c1-2-20(13-6-9-24(22,23)12-13)16(21)14-10-18-15(11-17-14)19-7-4-3-5-8-19/h10-11,13H,2-9,12H2,1H3. The molecule has 8 heteroatoms. The van der Waals surface area contributed by atoms with Gasteiger partial charge in [0.15, 0.2) is 9.84 Å². The first-order valence-electron chi connectivity index (χ1n) is 8.58. The quantitative estimate of drug-likeness (QED) is 0.807. The van der Waals surface area contributed by atoms with E-state index in [4.69, 9.17) is 0 Å². The first-order chi connectivity index (χ1) is 11.5. The minimum atomic E-state index is -3.02. The van der Waals surface area contributed by atoms with Gasteiger partial charge in [-0.25, -0.2) is 18.4 Å². The zero-order valence-corrected chi connectivity index (χ0v) is 14.8. The number of piperidine rings is 1. The van der Waals surface area contributed by atoms with Crippen molar-refractivity contribution >= 4 is 21.6 Å². The van der Waals surface area contributed by atoms with Crippen LogP contribution in [0.2, 0.25) is 0 Å². The lowest BCUT2D eigenvalue weighted by Crippen LogP contribution is -2.41. The van der Waals surface area contributed by atoms with Crippen molar-refractivity contribution in [3.63, 3.8) is 0 Å². The van der Waals surface area contributed by atoms with Gasteiger partial charge >= 0.3 is 0 Å². The Morgan fingerprint density at radius 3 is 2.54 bits per heavy atom. The Balaban J connectivity index is 1.71. The monoisotopic (exact) mass is 352 g/mol. The predicted molar refractivity (Wildman–Crippen MR) is 91.9 cm³/mol. The summed E-state index contributed by atoms with van der Waals surface area (Å²) in [5, 5.41) is 0. The van der Waals surface area contributed by atoms with Crippen molar-refractivity contribution in [3.8, 4) is 0 Å². The summed E-state index contributed by atoms with van der Waals surface area (Å²) in [6.45, 7) is 4.28. The third kappa shape index (κ3) is 3.68. The third-order valence-electron chi connectivity index (χ3n) is 4.79. The van der Waals surface area contributed by atoms with Gasteiger partial charge in [-0.15, -0.1) is 0 Å². The lowest BCUT2D eigenvalue weighted by atomic mass is 10.1. The number of hydrogen-bond donors (Lipinski definition) is 0. The first-order valence-corrected chi connectivity index (χ1v) is 10.4. The SMILES string of the molecule is CCN(C(=O)c1cnc(N2CCCCC2)cn1)C1CCS(=O)(=O)C1. The summed E-state index contributed by atoms with van der Waals surface area (Å²) in [7, 11) is -3.02. The molecule has 2 aliphatic rings. The Morgan fingerprint density at radius 1 is 1.25 bits per heavy atom. The molecule has 1 aromatic heterocycles. The minimum Gasteiger partial charge on any atom is -0.355 e. The highest BCUT2D eigenvalue weighted by Gasteiger charge is 2.34. The average Bonchev–Trinajstić information content (AvgIpc) is 2.96. The van der Waals surface area contributed by atoms with Gasteiger partial charge in [-0.3, -0.25) is 4.79 Å². The van der Waals surface area contributed by atoms with Crippen LogP contribution >= 0.6 is 0 Å². The number of hydrogen-bond acceptors (Lipinski definition) is 6. The Hall–Kier alpha value is -1.70. The van der Waals surface area contributed by atoms with Crippen LogP contribution in [0.25, 0.3) is 0 Å². The second-order valence-electron chi connectivity index (χ2n) is 6.46. The van der Waals surface area contributed by atoms with Crippen LogP contribution in [0, 0.1) is 0 Å². The van der Waals surface area contributed by atoms with E-state index in [0.29, 0.717) is 13.0 Å². The molecule has 1 aromatic rings. The molecule has 2 aliphatic heterocycles. The van der Waals surface area contributed by atoms with E-state index < -0.39 is 9.84 Å².